The van der Waals surface area contributed by atoms with Crippen LogP contribution in [0.4, 0.5) is 18.9 Å². The SMILES string of the molecule is NC(=O)CCC1NC(=O)C(CCCCC(F)(F)F)NC(=O)c2cc([N+](=O)[O-])ccc2SC[C@@H](C(N)=O)NC1=O. The van der Waals surface area contributed by atoms with Gasteiger partial charge in [-0.3, -0.25) is 34.1 Å². The Morgan fingerprint density at radius 1 is 1.03 bits per heavy atom. The second-order valence-electron chi connectivity index (χ2n) is 8.67. The number of hydrogen-bond acceptors (Lipinski definition) is 8. The van der Waals surface area contributed by atoms with Gasteiger partial charge in [0.2, 0.25) is 23.6 Å². The van der Waals surface area contributed by atoms with Crippen LogP contribution in [0.1, 0.15) is 48.9 Å². The van der Waals surface area contributed by atoms with Crippen molar-refractivity contribution in [3.63, 3.8) is 0 Å². The van der Waals surface area contributed by atoms with Crippen LogP contribution < -0.4 is 27.4 Å². The van der Waals surface area contributed by atoms with Gasteiger partial charge in [0.05, 0.1) is 10.5 Å². The molecule has 0 aromatic heterocycles. The number of thioether (sulfide) groups is 1. The maximum atomic E-state index is 13.2. The van der Waals surface area contributed by atoms with Gasteiger partial charge in [-0.25, -0.2) is 0 Å². The predicted molar refractivity (Wildman–Crippen MR) is 131 cm³/mol. The molecular formula is C22H27F3N6O7S. The van der Waals surface area contributed by atoms with Crippen molar-refractivity contribution in [2.75, 3.05) is 5.75 Å². The lowest BCUT2D eigenvalue weighted by Crippen LogP contribution is -2.56. The van der Waals surface area contributed by atoms with Gasteiger partial charge in [0.25, 0.3) is 11.6 Å². The summed E-state index contributed by atoms with van der Waals surface area (Å²) in [5.74, 6) is -4.75. The van der Waals surface area contributed by atoms with Gasteiger partial charge < -0.3 is 27.4 Å². The highest BCUT2D eigenvalue weighted by Crippen LogP contribution is 2.28. The number of nitrogens with zero attached hydrogens (tertiary/aromatic N) is 1. The molecule has 7 N–H and O–H groups in total. The molecule has 1 aromatic carbocycles. The van der Waals surface area contributed by atoms with E-state index in [1.807, 2.05) is 0 Å². The normalized spacial score (nSPS) is 20.7. The van der Waals surface area contributed by atoms with E-state index in [0.717, 1.165) is 23.9 Å². The van der Waals surface area contributed by atoms with Crippen molar-refractivity contribution in [2.24, 2.45) is 11.5 Å². The fraction of sp³-hybridized carbons (Fsp3) is 0.500. The van der Waals surface area contributed by atoms with Gasteiger partial charge in [0, 0.05) is 35.6 Å². The number of non-ortho nitro benzene ring substituents is 1. The number of hydrogen-bond donors (Lipinski definition) is 5. The number of nitrogens with two attached hydrogens (primary N) is 2. The summed E-state index contributed by atoms with van der Waals surface area (Å²) in [6.45, 7) is 0. The molecule has 5 amide bonds. The third-order valence-corrected chi connectivity index (χ3v) is 6.79. The number of nitro groups is 1. The number of benzene rings is 1. The highest BCUT2D eigenvalue weighted by molar-refractivity contribution is 7.99. The van der Waals surface area contributed by atoms with Gasteiger partial charge in [-0.2, -0.15) is 13.2 Å². The minimum absolute atomic E-state index is 0.143. The molecule has 0 saturated heterocycles. The molecule has 2 rings (SSSR count). The molecule has 0 bridgehead atoms. The second-order valence-corrected chi connectivity index (χ2v) is 9.73. The number of carbonyl (C=O) groups is 5. The number of amides is 5. The lowest BCUT2D eigenvalue weighted by Gasteiger charge is -2.24. The van der Waals surface area contributed by atoms with Crippen molar-refractivity contribution >= 4 is 47.0 Å². The molecule has 17 heteroatoms. The zero-order valence-electron chi connectivity index (χ0n) is 20.4. The smallest absolute Gasteiger partial charge is 0.370 e. The van der Waals surface area contributed by atoms with Crippen LogP contribution in [0.2, 0.25) is 0 Å². The molecule has 0 aliphatic carbocycles. The lowest BCUT2D eigenvalue weighted by atomic mass is 10.0. The van der Waals surface area contributed by atoms with E-state index in [2.05, 4.69) is 16.0 Å². The Morgan fingerprint density at radius 3 is 2.26 bits per heavy atom. The summed E-state index contributed by atoms with van der Waals surface area (Å²) >= 11 is 0.873. The first-order chi connectivity index (χ1) is 18.2. The summed E-state index contributed by atoms with van der Waals surface area (Å²) in [4.78, 5) is 73.2. The molecule has 0 spiro atoms. The molecule has 214 valence electrons. The van der Waals surface area contributed by atoms with Gasteiger partial charge in [0.15, 0.2) is 0 Å². The summed E-state index contributed by atoms with van der Waals surface area (Å²) in [6, 6.07) is -0.860. The van der Waals surface area contributed by atoms with Crippen LogP contribution in [0.25, 0.3) is 0 Å². The van der Waals surface area contributed by atoms with Crippen molar-refractivity contribution in [1.29, 1.82) is 0 Å². The first-order valence-electron chi connectivity index (χ1n) is 11.6. The van der Waals surface area contributed by atoms with Crippen LogP contribution in [0, 0.1) is 10.1 Å². The van der Waals surface area contributed by atoms with E-state index < -0.39 is 70.9 Å². The average molecular weight is 577 g/mol. The molecule has 3 atom stereocenters. The number of unbranched alkanes of at least 4 members (excludes halogenated alkanes) is 1. The number of primary amides is 2. The third-order valence-electron chi connectivity index (χ3n) is 5.62. The molecule has 39 heavy (non-hydrogen) atoms. The number of fused-ring (bicyclic) bond motifs is 1. The van der Waals surface area contributed by atoms with E-state index in [1.54, 1.807) is 0 Å². The Morgan fingerprint density at radius 2 is 1.67 bits per heavy atom. The first-order valence-corrected chi connectivity index (χ1v) is 12.6. The molecular weight excluding hydrogens is 549 g/mol. The van der Waals surface area contributed by atoms with Crippen molar-refractivity contribution in [2.45, 2.75) is 67.7 Å². The highest BCUT2D eigenvalue weighted by Gasteiger charge is 2.32. The Balaban J connectivity index is 2.47. The van der Waals surface area contributed by atoms with Crippen LogP contribution in [-0.2, 0) is 19.2 Å². The van der Waals surface area contributed by atoms with E-state index in [9.17, 15) is 47.3 Å². The van der Waals surface area contributed by atoms with Crippen LogP contribution in [0.3, 0.4) is 0 Å². The molecule has 0 saturated carbocycles. The van der Waals surface area contributed by atoms with Crippen molar-refractivity contribution < 1.29 is 42.1 Å². The summed E-state index contributed by atoms with van der Waals surface area (Å²) in [7, 11) is 0. The van der Waals surface area contributed by atoms with Gasteiger partial charge in [-0.1, -0.05) is 6.42 Å². The van der Waals surface area contributed by atoms with Crippen LogP contribution in [0.15, 0.2) is 23.1 Å². The van der Waals surface area contributed by atoms with E-state index in [1.165, 1.54) is 6.07 Å². The third kappa shape index (κ3) is 10.1. The van der Waals surface area contributed by atoms with Crippen LogP contribution >= 0.6 is 11.8 Å². The standard InChI is InChI=1S/C22H27F3N6O7S/c23-22(24,25)8-2-1-3-13-20(35)29-14(5-7-17(26)32)21(36)30-15(18(27)33)10-39-16-6-4-11(31(37)38)9-12(16)19(34)28-13/h4,6,9,13-15H,1-3,5,7-8,10H2,(H2,26,32)(H2,27,33)(H,28,34)(H,29,35)(H,30,36)/t13?,14?,15-/m0/s1. The largest absolute Gasteiger partial charge is 0.389 e. The van der Waals surface area contributed by atoms with E-state index >= 15 is 0 Å². The number of nitro benzene ring substituents is 1. The number of nitrogens with one attached hydrogen (secondary N) is 3. The summed E-state index contributed by atoms with van der Waals surface area (Å²) in [5, 5.41) is 18.4. The fourth-order valence-corrected chi connectivity index (χ4v) is 4.65. The quantitative estimate of drug-likeness (QED) is 0.159. The lowest BCUT2D eigenvalue weighted by molar-refractivity contribution is -0.384. The number of carbonyl (C=O) groups excluding carboxylic acids is 5. The Bertz CT molecular complexity index is 1130. The maximum Gasteiger partial charge on any atom is 0.389 e. The van der Waals surface area contributed by atoms with E-state index in [0.29, 0.717) is 0 Å². The van der Waals surface area contributed by atoms with Gasteiger partial charge in [0.1, 0.15) is 18.1 Å². The minimum Gasteiger partial charge on any atom is -0.370 e. The number of halogens is 3. The van der Waals surface area contributed by atoms with E-state index in [4.69, 9.17) is 11.5 Å². The van der Waals surface area contributed by atoms with Gasteiger partial charge in [-0.15, -0.1) is 11.8 Å². The Labute approximate surface area is 224 Å². The van der Waals surface area contributed by atoms with Crippen molar-refractivity contribution in [1.82, 2.24) is 16.0 Å². The molecule has 1 aromatic rings. The molecule has 2 unspecified atom stereocenters. The Kier molecular flexibility index (Phi) is 11.1. The molecule has 0 fully saturated rings. The minimum atomic E-state index is -4.43. The predicted octanol–water partition coefficient (Wildman–Crippen LogP) is 0.642. The molecule has 1 heterocycles. The average Bonchev–Trinajstić information content (AvgIpc) is 2.84. The molecule has 13 nitrogen and oxygen atoms in total. The number of alkyl halides is 3. The summed E-state index contributed by atoms with van der Waals surface area (Å²) in [6.07, 6.45) is -6.94. The number of rotatable bonds is 9. The maximum absolute atomic E-state index is 13.2. The van der Waals surface area contributed by atoms with E-state index in [-0.39, 0.29) is 48.3 Å². The molecule has 1 aliphatic rings. The second kappa shape index (κ2) is 13.8. The van der Waals surface area contributed by atoms with Crippen LogP contribution in [0.5, 0.6) is 0 Å². The topological polar surface area (TPSA) is 217 Å². The van der Waals surface area contributed by atoms with Gasteiger partial charge in [-0.05, 0) is 25.3 Å². The zero-order chi connectivity index (χ0) is 29.3. The summed E-state index contributed by atoms with van der Waals surface area (Å²) in [5.41, 5.74) is 9.85. The fourth-order valence-electron chi connectivity index (χ4n) is 3.58. The van der Waals surface area contributed by atoms with Crippen molar-refractivity contribution in [3.8, 4) is 0 Å². The Hall–Kier alpha value is -3.89. The zero-order valence-corrected chi connectivity index (χ0v) is 21.2. The van der Waals surface area contributed by atoms with Crippen molar-refractivity contribution in [3.05, 3.63) is 33.9 Å². The van der Waals surface area contributed by atoms with Crippen LogP contribution in [-0.4, -0.2) is 64.5 Å². The highest BCUT2D eigenvalue weighted by atomic mass is 32.2. The first kappa shape index (κ1) is 31.3. The molecule has 0 radical (unpaired) electrons. The monoisotopic (exact) mass is 576 g/mol. The van der Waals surface area contributed by atoms with Gasteiger partial charge >= 0.3 is 6.18 Å². The molecule has 1 aliphatic heterocycles. The summed E-state index contributed by atoms with van der Waals surface area (Å²) < 4.78 is 37.7.